The lowest BCUT2D eigenvalue weighted by Gasteiger charge is -2.33. The zero-order valence-corrected chi connectivity index (χ0v) is 17.4. The molecule has 0 saturated carbocycles. The molecule has 1 aromatic carbocycles. The molecular formula is C17H25BrN2O4S. The SMILES string of the molecule is Cc1cc(Br)cc(S(=O)(=O)NC2CCN(C(=O)OC(C)(C)C)CC2)c1. The van der Waals surface area contributed by atoms with E-state index in [9.17, 15) is 13.2 Å². The Hall–Kier alpha value is -1.12. The molecule has 1 fully saturated rings. The van der Waals surface area contributed by atoms with Crippen LogP contribution in [0.3, 0.4) is 0 Å². The minimum atomic E-state index is -3.59. The van der Waals surface area contributed by atoms with Crippen LogP contribution in [0.4, 0.5) is 4.79 Å². The first-order chi connectivity index (χ1) is 11.5. The highest BCUT2D eigenvalue weighted by atomic mass is 79.9. The summed E-state index contributed by atoms with van der Waals surface area (Å²) in [5.41, 5.74) is 0.336. The lowest BCUT2D eigenvalue weighted by atomic mass is 10.1. The smallest absolute Gasteiger partial charge is 0.410 e. The van der Waals surface area contributed by atoms with Gasteiger partial charge in [-0.1, -0.05) is 15.9 Å². The van der Waals surface area contributed by atoms with E-state index in [0.717, 1.165) is 10.0 Å². The van der Waals surface area contributed by atoms with Gasteiger partial charge in [0, 0.05) is 23.6 Å². The van der Waals surface area contributed by atoms with Crippen LogP contribution in [0.25, 0.3) is 0 Å². The van der Waals surface area contributed by atoms with Crippen LogP contribution in [0.2, 0.25) is 0 Å². The minimum Gasteiger partial charge on any atom is -0.444 e. The Morgan fingerprint density at radius 3 is 2.36 bits per heavy atom. The summed E-state index contributed by atoms with van der Waals surface area (Å²) < 4.78 is 34.0. The first kappa shape index (κ1) is 20.2. The van der Waals surface area contributed by atoms with Gasteiger partial charge < -0.3 is 9.64 Å². The van der Waals surface area contributed by atoms with Crippen LogP contribution in [0, 0.1) is 6.92 Å². The van der Waals surface area contributed by atoms with Gasteiger partial charge in [-0.05, 0) is 64.3 Å². The molecule has 1 aromatic rings. The van der Waals surface area contributed by atoms with E-state index >= 15 is 0 Å². The van der Waals surface area contributed by atoms with Gasteiger partial charge in [0.1, 0.15) is 5.60 Å². The molecule has 1 aliphatic heterocycles. The van der Waals surface area contributed by atoms with E-state index < -0.39 is 15.6 Å². The van der Waals surface area contributed by atoms with Crippen molar-refractivity contribution in [2.45, 2.75) is 57.1 Å². The molecule has 2 rings (SSSR count). The van der Waals surface area contributed by atoms with Crippen molar-refractivity contribution in [2.75, 3.05) is 13.1 Å². The summed E-state index contributed by atoms with van der Waals surface area (Å²) in [4.78, 5) is 13.9. The fraction of sp³-hybridized carbons (Fsp3) is 0.588. The summed E-state index contributed by atoms with van der Waals surface area (Å²) in [6, 6.07) is 4.90. The topological polar surface area (TPSA) is 75.7 Å². The molecule has 1 amide bonds. The fourth-order valence-electron chi connectivity index (χ4n) is 2.65. The van der Waals surface area contributed by atoms with Gasteiger partial charge >= 0.3 is 6.09 Å². The molecule has 6 nitrogen and oxygen atoms in total. The maximum absolute atomic E-state index is 12.6. The number of hydrogen-bond acceptors (Lipinski definition) is 4. The van der Waals surface area contributed by atoms with Crippen molar-refractivity contribution in [3.05, 3.63) is 28.2 Å². The molecule has 8 heteroatoms. The van der Waals surface area contributed by atoms with Gasteiger partial charge in [0.25, 0.3) is 0 Å². The van der Waals surface area contributed by atoms with Crippen molar-refractivity contribution >= 4 is 32.0 Å². The van der Waals surface area contributed by atoms with Gasteiger partial charge in [-0.25, -0.2) is 17.9 Å². The number of carbonyl (C=O) groups excluding carboxylic acids is 1. The van der Waals surface area contributed by atoms with Crippen LogP contribution in [0.5, 0.6) is 0 Å². The molecule has 1 aliphatic rings. The predicted octanol–water partition coefficient (Wildman–Crippen LogP) is 3.44. The number of nitrogens with zero attached hydrogens (tertiary/aromatic N) is 1. The van der Waals surface area contributed by atoms with Gasteiger partial charge in [-0.15, -0.1) is 0 Å². The van der Waals surface area contributed by atoms with Crippen molar-refractivity contribution in [1.29, 1.82) is 0 Å². The minimum absolute atomic E-state index is 0.192. The Morgan fingerprint density at radius 2 is 1.84 bits per heavy atom. The lowest BCUT2D eigenvalue weighted by Crippen LogP contribution is -2.47. The number of nitrogens with one attached hydrogen (secondary N) is 1. The summed E-state index contributed by atoms with van der Waals surface area (Å²) >= 11 is 3.33. The number of halogens is 1. The molecule has 1 heterocycles. The Kier molecular flexibility index (Phi) is 6.17. The second kappa shape index (κ2) is 7.63. The highest BCUT2D eigenvalue weighted by Gasteiger charge is 2.29. The second-order valence-corrected chi connectivity index (χ2v) is 9.96. The van der Waals surface area contributed by atoms with Crippen molar-refractivity contribution < 1.29 is 17.9 Å². The number of piperidine rings is 1. The number of likely N-dealkylation sites (tertiary alicyclic amines) is 1. The van der Waals surface area contributed by atoms with Gasteiger partial charge in [0.15, 0.2) is 0 Å². The molecule has 0 unspecified atom stereocenters. The molecule has 0 aromatic heterocycles. The van der Waals surface area contributed by atoms with E-state index in [1.807, 2.05) is 33.8 Å². The number of hydrogen-bond donors (Lipinski definition) is 1. The number of rotatable bonds is 3. The van der Waals surface area contributed by atoms with Gasteiger partial charge in [0.2, 0.25) is 10.0 Å². The Morgan fingerprint density at radius 1 is 1.24 bits per heavy atom. The molecule has 140 valence electrons. The highest BCUT2D eigenvalue weighted by Crippen LogP contribution is 2.21. The summed E-state index contributed by atoms with van der Waals surface area (Å²) in [7, 11) is -3.59. The Labute approximate surface area is 158 Å². The molecule has 0 bridgehead atoms. The number of amides is 1. The normalized spacial score (nSPS) is 16.8. The third-order valence-corrected chi connectivity index (χ3v) is 5.75. The number of aryl methyl sites for hydroxylation is 1. The van der Waals surface area contributed by atoms with Crippen LogP contribution in [0.15, 0.2) is 27.6 Å². The van der Waals surface area contributed by atoms with Crippen LogP contribution < -0.4 is 4.72 Å². The zero-order chi connectivity index (χ0) is 18.8. The average molecular weight is 433 g/mol. The third-order valence-electron chi connectivity index (χ3n) is 3.79. The van der Waals surface area contributed by atoms with E-state index in [-0.39, 0.29) is 17.0 Å². The fourth-order valence-corrected chi connectivity index (χ4v) is 4.84. The van der Waals surface area contributed by atoms with Crippen molar-refractivity contribution in [2.24, 2.45) is 0 Å². The van der Waals surface area contributed by atoms with Gasteiger partial charge in [0.05, 0.1) is 4.90 Å². The monoisotopic (exact) mass is 432 g/mol. The number of ether oxygens (including phenoxy) is 1. The van der Waals surface area contributed by atoms with Crippen molar-refractivity contribution in [1.82, 2.24) is 9.62 Å². The maximum Gasteiger partial charge on any atom is 0.410 e. The van der Waals surface area contributed by atoms with Crippen LogP contribution >= 0.6 is 15.9 Å². The summed E-state index contributed by atoms with van der Waals surface area (Å²) in [6.45, 7) is 8.27. The molecule has 1 saturated heterocycles. The summed E-state index contributed by atoms with van der Waals surface area (Å²) in [5.74, 6) is 0. The van der Waals surface area contributed by atoms with E-state index in [2.05, 4.69) is 20.7 Å². The molecule has 0 spiro atoms. The molecule has 0 radical (unpaired) electrons. The van der Waals surface area contributed by atoms with Gasteiger partial charge in [-0.2, -0.15) is 0 Å². The first-order valence-corrected chi connectivity index (χ1v) is 10.5. The van der Waals surface area contributed by atoms with E-state index in [1.165, 1.54) is 0 Å². The molecular weight excluding hydrogens is 408 g/mol. The number of sulfonamides is 1. The van der Waals surface area contributed by atoms with E-state index in [0.29, 0.717) is 25.9 Å². The predicted molar refractivity (Wildman–Crippen MR) is 100 cm³/mol. The van der Waals surface area contributed by atoms with Gasteiger partial charge in [-0.3, -0.25) is 0 Å². The van der Waals surface area contributed by atoms with Crippen LogP contribution in [-0.4, -0.2) is 44.1 Å². The van der Waals surface area contributed by atoms with Crippen LogP contribution in [-0.2, 0) is 14.8 Å². The molecule has 0 atom stereocenters. The number of benzene rings is 1. The van der Waals surface area contributed by atoms with Crippen molar-refractivity contribution in [3.63, 3.8) is 0 Å². The standard InChI is InChI=1S/C17H25BrN2O4S/c1-12-9-13(18)11-15(10-12)25(22,23)19-14-5-7-20(8-6-14)16(21)24-17(2,3)4/h9-11,14,19H,5-8H2,1-4H3. The third kappa shape index (κ3) is 5.97. The largest absolute Gasteiger partial charge is 0.444 e. The van der Waals surface area contributed by atoms with Crippen molar-refractivity contribution in [3.8, 4) is 0 Å². The maximum atomic E-state index is 12.6. The molecule has 1 N–H and O–H groups in total. The summed E-state index contributed by atoms with van der Waals surface area (Å²) in [5, 5.41) is 0. The quantitative estimate of drug-likeness (QED) is 0.793. The average Bonchev–Trinajstić information content (AvgIpc) is 2.44. The summed E-state index contributed by atoms with van der Waals surface area (Å²) in [6.07, 6.45) is 0.771. The zero-order valence-electron chi connectivity index (χ0n) is 15.0. The number of carbonyl (C=O) groups is 1. The van der Waals surface area contributed by atoms with E-state index in [4.69, 9.17) is 4.74 Å². The highest BCUT2D eigenvalue weighted by molar-refractivity contribution is 9.10. The first-order valence-electron chi connectivity index (χ1n) is 8.24. The molecule has 25 heavy (non-hydrogen) atoms. The Balaban J connectivity index is 1.96. The lowest BCUT2D eigenvalue weighted by molar-refractivity contribution is 0.0203. The van der Waals surface area contributed by atoms with Crippen LogP contribution in [0.1, 0.15) is 39.2 Å². The molecule has 0 aliphatic carbocycles. The second-order valence-electron chi connectivity index (χ2n) is 7.33. The van der Waals surface area contributed by atoms with E-state index in [1.54, 1.807) is 17.0 Å². The Bertz CT molecular complexity index is 715.